The van der Waals surface area contributed by atoms with Crippen molar-refractivity contribution >= 4 is 41.1 Å². The monoisotopic (exact) mass is 332 g/mol. The molecule has 0 aliphatic carbocycles. The predicted molar refractivity (Wildman–Crippen MR) is 78.3 cm³/mol. The molecule has 0 aliphatic heterocycles. The average molecular weight is 332 g/mol. The van der Waals surface area contributed by atoms with Crippen molar-refractivity contribution in [2.24, 2.45) is 0 Å². The molecule has 7 nitrogen and oxygen atoms in total. The molecule has 0 bridgehead atoms. The Hall–Kier alpha value is -1.61. The van der Waals surface area contributed by atoms with Gasteiger partial charge in [0, 0.05) is 5.38 Å². The fourth-order valence-electron chi connectivity index (χ4n) is 1.24. The topological polar surface area (TPSA) is 94.6 Å². The summed E-state index contributed by atoms with van der Waals surface area (Å²) in [6.45, 7) is 3.93. The summed E-state index contributed by atoms with van der Waals surface area (Å²) in [7, 11) is 0. The number of thioether (sulfide) groups is 1. The maximum Gasteiger partial charge on any atom is 0.413 e. The molecule has 1 N–H and O–H groups in total. The van der Waals surface area contributed by atoms with Gasteiger partial charge in [-0.05, 0) is 13.8 Å². The zero-order valence-corrected chi connectivity index (χ0v) is 13.3. The fourth-order valence-corrected chi connectivity index (χ4v) is 2.88. The lowest BCUT2D eigenvalue weighted by Gasteiger charge is -2.02. The summed E-state index contributed by atoms with van der Waals surface area (Å²) in [5.74, 6) is -0.745. The molecule has 9 heteroatoms. The summed E-state index contributed by atoms with van der Waals surface area (Å²) >= 11 is 2.51. The number of imide groups is 1. The molecule has 1 rings (SSSR count). The number of amides is 2. The van der Waals surface area contributed by atoms with Crippen LogP contribution in [0, 0.1) is 0 Å². The molecule has 0 spiro atoms. The summed E-state index contributed by atoms with van der Waals surface area (Å²) in [6.07, 6.45) is -0.648. The third-order valence-corrected chi connectivity index (χ3v) is 4.07. The molecule has 1 aromatic heterocycles. The number of hydrogen-bond donors (Lipinski definition) is 1. The normalized spacial score (nSPS) is 10.0. The summed E-state index contributed by atoms with van der Waals surface area (Å²) in [6, 6.07) is 0. The molecule has 0 radical (unpaired) electrons. The van der Waals surface area contributed by atoms with Gasteiger partial charge in [0.25, 0.3) is 0 Å². The van der Waals surface area contributed by atoms with Gasteiger partial charge in [0.15, 0.2) is 4.34 Å². The highest BCUT2D eigenvalue weighted by Gasteiger charge is 2.12. The molecule has 0 aliphatic rings. The van der Waals surface area contributed by atoms with Crippen LogP contribution in [0.15, 0.2) is 9.72 Å². The van der Waals surface area contributed by atoms with Crippen molar-refractivity contribution in [3.05, 3.63) is 11.1 Å². The first-order valence-corrected chi connectivity index (χ1v) is 8.11. The zero-order valence-electron chi connectivity index (χ0n) is 11.7. The first kappa shape index (κ1) is 17.4. The fraction of sp³-hybridized carbons (Fsp3) is 0.500. The number of hydrogen-bond acceptors (Lipinski definition) is 8. The smallest absolute Gasteiger partial charge is 0.413 e. The van der Waals surface area contributed by atoms with E-state index in [1.54, 1.807) is 19.2 Å². The second kappa shape index (κ2) is 9.35. The molecular weight excluding hydrogens is 316 g/mol. The van der Waals surface area contributed by atoms with E-state index >= 15 is 0 Å². The number of ether oxygens (including phenoxy) is 2. The maximum atomic E-state index is 11.4. The number of carbonyl (C=O) groups excluding carboxylic acids is 3. The van der Waals surface area contributed by atoms with Crippen molar-refractivity contribution in [2.45, 2.75) is 24.6 Å². The summed E-state index contributed by atoms with van der Waals surface area (Å²) < 4.78 is 10.1. The summed E-state index contributed by atoms with van der Waals surface area (Å²) in [5, 5.41) is 3.83. The van der Waals surface area contributed by atoms with Crippen LogP contribution in [0.5, 0.6) is 0 Å². The van der Waals surface area contributed by atoms with Gasteiger partial charge >= 0.3 is 12.1 Å². The molecule has 2 amide bonds. The number of esters is 1. The van der Waals surface area contributed by atoms with E-state index in [0.717, 1.165) is 0 Å². The van der Waals surface area contributed by atoms with Crippen molar-refractivity contribution in [3.8, 4) is 0 Å². The SMILES string of the molecule is CCOC(=O)Cc1csc(SCC(=O)NC(=O)OCC)n1. The number of nitrogens with zero attached hydrogens (tertiary/aromatic N) is 1. The van der Waals surface area contributed by atoms with Crippen LogP contribution in [-0.2, 0) is 25.5 Å². The molecule has 21 heavy (non-hydrogen) atoms. The number of aromatic nitrogens is 1. The lowest BCUT2D eigenvalue weighted by atomic mass is 10.3. The van der Waals surface area contributed by atoms with Crippen LogP contribution < -0.4 is 5.32 Å². The Kier molecular flexibility index (Phi) is 7.76. The molecule has 0 atom stereocenters. The number of rotatable bonds is 7. The Morgan fingerprint density at radius 3 is 2.67 bits per heavy atom. The molecule has 0 saturated heterocycles. The van der Waals surface area contributed by atoms with Crippen LogP contribution in [0.25, 0.3) is 0 Å². The second-order valence-electron chi connectivity index (χ2n) is 3.64. The van der Waals surface area contributed by atoms with Gasteiger partial charge < -0.3 is 9.47 Å². The Morgan fingerprint density at radius 2 is 2.00 bits per heavy atom. The van der Waals surface area contributed by atoms with E-state index in [1.807, 2.05) is 0 Å². The van der Waals surface area contributed by atoms with Crippen molar-refractivity contribution in [3.63, 3.8) is 0 Å². The van der Waals surface area contributed by atoms with Gasteiger partial charge in [-0.3, -0.25) is 14.9 Å². The lowest BCUT2D eigenvalue weighted by molar-refractivity contribution is -0.142. The minimum absolute atomic E-state index is 0.0468. The van der Waals surface area contributed by atoms with Crippen LogP contribution in [0.1, 0.15) is 19.5 Å². The molecule has 0 aromatic carbocycles. The average Bonchev–Trinajstić information content (AvgIpc) is 2.84. The van der Waals surface area contributed by atoms with Crippen LogP contribution in [0.4, 0.5) is 4.79 Å². The van der Waals surface area contributed by atoms with Crippen LogP contribution in [-0.4, -0.2) is 41.9 Å². The zero-order chi connectivity index (χ0) is 15.7. The van der Waals surface area contributed by atoms with Crippen LogP contribution in [0.3, 0.4) is 0 Å². The Morgan fingerprint density at radius 1 is 1.29 bits per heavy atom. The molecule has 0 saturated carbocycles. The van der Waals surface area contributed by atoms with E-state index in [-0.39, 0.29) is 24.7 Å². The molecule has 1 heterocycles. The second-order valence-corrected chi connectivity index (χ2v) is 5.72. The molecular formula is C12H16N2O5S2. The van der Waals surface area contributed by atoms with Gasteiger partial charge in [0.05, 0.1) is 31.1 Å². The number of nitrogens with one attached hydrogen (secondary N) is 1. The van der Waals surface area contributed by atoms with E-state index in [2.05, 4.69) is 15.0 Å². The van der Waals surface area contributed by atoms with E-state index in [0.29, 0.717) is 16.6 Å². The molecule has 116 valence electrons. The minimum Gasteiger partial charge on any atom is -0.466 e. The number of thiazole rings is 1. The highest BCUT2D eigenvalue weighted by molar-refractivity contribution is 8.01. The first-order chi connectivity index (χ1) is 10.0. The van der Waals surface area contributed by atoms with E-state index < -0.39 is 12.0 Å². The maximum absolute atomic E-state index is 11.4. The third-order valence-electron chi connectivity index (χ3n) is 2.01. The van der Waals surface area contributed by atoms with Gasteiger partial charge in [-0.15, -0.1) is 11.3 Å². The highest BCUT2D eigenvalue weighted by Crippen LogP contribution is 2.22. The van der Waals surface area contributed by atoms with Crippen molar-refractivity contribution < 1.29 is 23.9 Å². The van der Waals surface area contributed by atoms with Crippen molar-refractivity contribution in [1.29, 1.82) is 0 Å². The van der Waals surface area contributed by atoms with Gasteiger partial charge in [0.1, 0.15) is 0 Å². The highest BCUT2D eigenvalue weighted by atomic mass is 32.2. The number of alkyl carbamates (subject to hydrolysis) is 1. The van der Waals surface area contributed by atoms with Gasteiger partial charge in [-0.2, -0.15) is 0 Å². The van der Waals surface area contributed by atoms with Crippen LogP contribution >= 0.6 is 23.1 Å². The largest absolute Gasteiger partial charge is 0.466 e. The van der Waals surface area contributed by atoms with Gasteiger partial charge in [0.2, 0.25) is 5.91 Å². The van der Waals surface area contributed by atoms with E-state index in [9.17, 15) is 14.4 Å². The quantitative estimate of drug-likeness (QED) is 0.599. The number of carbonyl (C=O) groups is 3. The molecule has 1 aromatic rings. The predicted octanol–water partition coefficient (Wildman–Crippen LogP) is 1.61. The molecule has 0 fully saturated rings. The van der Waals surface area contributed by atoms with Crippen molar-refractivity contribution in [1.82, 2.24) is 10.3 Å². The standard InChI is InChI=1S/C12H16N2O5S2/c1-3-18-10(16)5-8-6-20-12(13-8)21-7-9(15)14-11(17)19-4-2/h6H,3-5,7H2,1-2H3,(H,14,15,17). The Bertz CT molecular complexity index is 504. The van der Waals surface area contributed by atoms with Gasteiger partial charge in [-0.1, -0.05) is 11.8 Å². The summed E-state index contributed by atoms with van der Waals surface area (Å²) in [4.78, 5) is 38.0. The lowest BCUT2D eigenvalue weighted by Crippen LogP contribution is -2.32. The molecule has 0 unspecified atom stereocenters. The minimum atomic E-state index is -0.759. The van der Waals surface area contributed by atoms with Crippen LogP contribution in [0.2, 0.25) is 0 Å². The summed E-state index contributed by atoms with van der Waals surface area (Å²) in [5.41, 5.74) is 0.603. The van der Waals surface area contributed by atoms with Crippen molar-refractivity contribution in [2.75, 3.05) is 19.0 Å². The van der Waals surface area contributed by atoms with Gasteiger partial charge in [-0.25, -0.2) is 9.78 Å². The van der Waals surface area contributed by atoms with E-state index in [1.165, 1.54) is 23.1 Å². The Balaban J connectivity index is 2.36. The van der Waals surface area contributed by atoms with E-state index in [4.69, 9.17) is 4.74 Å². The first-order valence-electron chi connectivity index (χ1n) is 6.24. The third kappa shape index (κ3) is 7.09. The Labute approximate surface area is 130 Å².